The molecular formula is C35H45F6N3O3. The number of alkyl halides is 6. The highest BCUT2D eigenvalue weighted by molar-refractivity contribution is 5.79. The van der Waals surface area contributed by atoms with Crippen LogP contribution in [0.3, 0.4) is 0 Å². The predicted molar refractivity (Wildman–Crippen MR) is 167 cm³/mol. The smallest absolute Gasteiger partial charge is 0.416 e. The van der Waals surface area contributed by atoms with Gasteiger partial charge in [0.25, 0.3) is 0 Å². The van der Waals surface area contributed by atoms with Crippen molar-refractivity contribution in [1.29, 1.82) is 0 Å². The largest absolute Gasteiger partial charge is 0.493 e. The number of nitrogens with zero attached hydrogens (tertiary/aromatic N) is 3. The van der Waals surface area contributed by atoms with E-state index in [0.717, 1.165) is 51.1 Å². The standard InChI is InChI=1S/C35H45F6N3O3/c1-46-30-10-9-26(23-31(30)47-2)33(12-14-42-15-17-43(18-16-42)29-7-4-3-5-8-29)11-6-13-44(24-33)32(45)21-25-19-27(34(36,37)38)22-28(20-25)35(39,40)41/h9-10,19-20,22-23,29H,3-8,11-18,21,24H2,1-2H3. The summed E-state index contributed by atoms with van der Waals surface area (Å²) in [6, 6.07) is 7.78. The van der Waals surface area contributed by atoms with Gasteiger partial charge in [-0.05, 0) is 80.1 Å². The van der Waals surface area contributed by atoms with Crippen LogP contribution in [0.15, 0.2) is 36.4 Å². The zero-order chi connectivity index (χ0) is 33.8. The summed E-state index contributed by atoms with van der Waals surface area (Å²) in [6.07, 6.45) is -1.91. The van der Waals surface area contributed by atoms with Gasteiger partial charge in [0.2, 0.25) is 5.91 Å². The molecule has 260 valence electrons. The van der Waals surface area contributed by atoms with Gasteiger partial charge < -0.3 is 19.3 Å². The summed E-state index contributed by atoms with van der Waals surface area (Å²) >= 11 is 0. The van der Waals surface area contributed by atoms with Gasteiger partial charge in [-0.15, -0.1) is 0 Å². The van der Waals surface area contributed by atoms with Crippen LogP contribution >= 0.6 is 0 Å². The Bertz CT molecular complexity index is 1340. The number of likely N-dealkylation sites (tertiary alicyclic amines) is 1. The number of rotatable bonds is 9. The summed E-state index contributed by atoms with van der Waals surface area (Å²) < 4.78 is 92.1. The van der Waals surface area contributed by atoms with Crippen molar-refractivity contribution in [3.63, 3.8) is 0 Å². The zero-order valence-corrected chi connectivity index (χ0v) is 27.2. The average Bonchev–Trinajstić information content (AvgIpc) is 3.06. The minimum Gasteiger partial charge on any atom is -0.493 e. The van der Waals surface area contributed by atoms with Crippen molar-refractivity contribution in [2.75, 3.05) is 60.0 Å². The maximum Gasteiger partial charge on any atom is 0.416 e. The molecule has 12 heteroatoms. The second kappa shape index (κ2) is 14.6. The third kappa shape index (κ3) is 8.54. The van der Waals surface area contributed by atoms with Crippen LogP contribution < -0.4 is 9.47 Å². The Hall–Kier alpha value is -2.99. The van der Waals surface area contributed by atoms with Gasteiger partial charge >= 0.3 is 12.4 Å². The number of piperidine rings is 1. The molecule has 0 radical (unpaired) electrons. The first-order valence-corrected chi connectivity index (χ1v) is 16.6. The summed E-state index contributed by atoms with van der Waals surface area (Å²) in [4.78, 5) is 20.3. The first-order valence-electron chi connectivity index (χ1n) is 16.6. The summed E-state index contributed by atoms with van der Waals surface area (Å²) in [5.74, 6) is 0.625. The Kier molecular flexibility index (Phi) is 11.0. The molecule has 3 fully saturated rings. The van der Waals surface area contributed by atoms with Crippen molar-refractivity contribution < 1.29 is 40.6 Å². The predicted octanol–water partition coefficient (Wildman–Crippen LogP) is 7.18. The number of methoxy groups -OCH3 is 2. The van der Waals surface area contributed by atoms with Gasteiger partial charge in [0.15, 0.2) is 11.5 Å². The first kappa shape index (κ1) is 35.3. The van der Waals surface area contributed by atoms with E-state index in [9.17, 15) is 31.1 Å². The minimum atomic E-state index is -4.98. The number of benzene rings is 2. The number of hydrogen-bond donors (Lipinski definition) is 0. The molecule has 3 aliphatic rings. The molecule has 2 heterocycles. The molecule has 0 aromatic heterocycles. The molecule has 1 amide bonds. The van der Waals surface area contributed by atoms with E-state index in [0.29, 0.717) is 49.2 Å². The van der Waals surface area contributed by atoms with Crippen molar-refractivity contribution >= 4 is 5.91 Å². The highest BCUT2D eigenvalue weighted by atomic mass is 19.4. The van der Waals surface area contributed by atoms with Gasteiger partial charge in [0.1, 0.15) is 0 Å². The molecule has 1 saturated carbocycles. The van der Waals surface area contributed by atoms with Gasteiger partial charge in [-0.1, -0.05) is 25.3 Å². The van der Waals surface area contributed by atoms with Crippen LogP contribution in [0.5, 0.6) is 11.5 Å². The van der Waals surface area contributed by atoms with Crippen LogP contribution in [0.25, 0.3) is 0 Å². The molecule has 6 nitrogen and oxygen atoms in total. The number of piperazine rings is 1. The molecular weight excluding hydrogens is 624 g/mol. The Morgan fingerprint density at radius 3 is 2.04 bits per heavy atom. The van der Waals surface area contributed by atoms with Crippen LogP contribution in [0.1, 0.15) is 73.6 Å². The highest BCUT2D eigenvalue weighted by Gasteiger charge is 2.41. The van der Waals surface area contributed by atoms with Gasteiger partial charge in [0, 0.05) is 50.7 Å². The topological polar surface area (TPSA) is 45.2 Å². The summed E-state index contributed by atoms with van der Waals surface area (Å²) in [5, 5.41) is 0. The fourth-order valence-corrected chi connectivity index (χ4v) is 7.67. The van der Waals surface area contributed by atoms with E-state index < -0.39 is 41.2 Å². The Morgan fingerprint density at radius 2 is 1.45 bits per heavy atom. The monoisotopic (exact) mass is 669 g/mol. The lowest BCUT2D eigenvalue weighted by atomic mass is 9.71. The lowest BCUT2D eigenvalue weighted by Crippen LogP contribution is -2.53. The zero-order valence-electron chi connectivity index (χ0n) is 27.2. The Balaban J connectivity index is 1.35. The summed E-state index contributed by atoms with van der Waals surface area (Å²) in [5.41, 5.74) is -2.67. The maximum absolute atomic E-state index is 13.6. The van der Waals surface area contributed by atoms with E-state index in [-0.39, 0.29) is 11.6 Å². The number of ether oxygens (including phenoxy) is 2. The molecule has 0 bridgehead atoms. The van der Waals surface area contributed by atoms with Crippen molar-refractivity contribution in [1.82, 2.24) is 14.7 Å². The quantitative estimate of drug-likeness (QED) is 0.265. The van der Waals surface area contributed by atoms with E-state index in [1.807, 2.05) is 18.2 Å². The normalized spacial score (nSPS) is 22.3. The molecule has 1 unspecified atom stereocenters. The molecule has 2 aromatic carbocycles. The molecule has 2 saturated heterocycles. The van der Waals surface area contributed by atoms with E-state index in [4.69, 9.17) is 9.47 Å². The van der Waals surface area contributed by atoms with Crippen molar-refractivity contribution in [3.05, 3.63) is 58.7 Å². The van der Waals surface area contributed by atoms with Crippen molar-refractivity contribution in [2.45, 2.75) is 81.6 Å². The van der Waals surface area contributed by atoms with Gasteiger partial charge in [-0.25, -0.2) is 0 Å². The first-order chi connectivity index (χ1) is 22.3. The number of carbonyl (C=O) groups is 1. The summed E-state index contributed by atoms with van der Waals surface area (Å²) in [6.45, 7) is 5.44. The van der Waals surface area contributed by atoms with Crippen LogP contribution in [0.4, 0.5) is 26.3 Å². The van der Waals surface area contributed by atoms with Gasteiger partial charge in [-0.2, -0.15) is 26.3 Å². The van der Waals surface area contributed by atoms with Crippen LogP contribution in [0.2, 0.25) is 0 Å². The molecule has 47 heavy (non-hydrogen) atoms. The van der Waals surface area contributed by atoms with E-state index in [1.54, 1.807) is 19.1 Å². The Labute approximate surface area is 273 Å². The third-order valence-electron chi connectivity index (χ3n) is 10.3. The van der Waals surface area contributed by atoms with Gasteiger partial charge in [0.05, 0.1) is 31.8 Å². The molecule has 0 spiro atoms. The SMILES string of the molecule is COc1ccc(C2(CCN3CCN(C4CCCCC4)CC3)CCCN(C(=O)Cc3cc(C(F)(F)F)cc(C(F)(F)F)c3)C2)cc1OC. The van der Waals surface area contributed by atoms with E-state index in [1.165, 1.54) is 32.1 Å². The Morgan fingerprint density at radius 1 is 0.809 bits per heavy atom. The molecule has 1 atom stereocenters. The van der Waals surface area contributed by atoms with E-state index in [2.05, 4.69) is 9.80 Å². The van der Waals surface area contributed by atoms with Crippen LogP contribution in [-0.2, 0) is 29.0 Å². The highest BCUT2D eigenvalue weighted by Crippen LogP contribution is 2.42. The number of hydrogen-bond acceptors (Lipinski definition) is 5. The van der Waals surface area contributed by atoms with Crippen molar-refractivity contribution in [2.24, 2.45) is 0 Å². The lowest BCUT2D eigenvalue weighted by molar-refractivity contribution is -0.143. The van der Waals surface area contributed by atoms with E-state index >= 15 is 0 Å². The average molecular weight is 670 g/mol. The van der Waals surface area contributed by atoms with Crippen LogP contribution in [-0.4, -0.2) is 86.7 Å². The number of halogens is 6. The number of amides is 1. The molecule has 0 N–H and O–H groups in total. The maximum atomic E-state index is 13.6. The molecule has 5 rings (SSSR count). The second-order valence-electron chi connectivity index (χ2n) is 13.3. The van der Waals surface area contributed by atoms with Crippen molar-refractivity contribution in [3.8, 4) is 11.5 Å². The van der Waals surface area contributed by atoms with Gasteiger partial charge in [-0.3, -0.25) is 9.69 Å². The fourth-order valence-electron chi connectivity index (χ4n) is 7.67. The summed E-state index contributed by atoms with van der Waals surface area (Å²) in [7, 11) is 3.11. The minimum absolute atomic E-state index is 0.0892. The third-order valence-corrected chi connectivity index (χ3v) is 10.3. The molecule has 1 aliphatic carbocycles. The van der Waals surface area contributed by atoms with Crippen LogP contribution in [0, 0.1) is 0 Å². The molecule has 2 aliphatic heterocycles. The molecule has 2 aromatic rings. The second-order valence-corrected chi connectivity index (χ2v) is 13.3. The lowest BCUT2D eigenvalue weighted by Gasteiger charge is -2.46. The fraction of sp³-hybridized carbons (Fsp3) is 0.629. The number of carbonyl (C=O) groups excluding carboxylic acids is 1.